The van der Waals surface area contributed by atoms with Crippen molar-refractivity contribution in [2.75, 3.05) is 6.54 Å². The zero-order valence-electron chi connectivity index (χ0n) is 11.2. The van der Waals surface area contributed by atoms with E-state index in [1.807, 2.05) is 26.8 Å². The number of oxazole rings is 1. The molecule has 1 heterocycles. The summed E-state index contributed by atoms with van der Waals surface area (Å²) in [7, 11) is 0. The van der Waals surface area contributed by atoms with Gasteiger partial charge in [-0.2, -0.15) is 0 Å². The summed E-state index contributed by atoms with van der Waals surface area (Å²) in [6.07, 6.45) is 1.59. The molecule has 1 unspecified atom stereocenters. The maximum atomic E-state index is 14.0. The minimum absolute atomic E-state index is 0.0511. The lowest BCUT2D eigenvalue weighted by Gasteiger charge is -2.16. The average Bonchev–Trinajstić information content (AvgIpc) is 2.75. The van der Waals surface area contributed by atoms with Crippen LogP contribution in [0, 0.1) is 12.7 Å². The number of aryl methyl sites for hydroxylation is 1. The molecule has 0 spiro atoms. The van der Waals surface area contributed by atoms with Crippen LogP contribution in [0.5, 0.6) is 0 Å². The van der Waals surface area contributed by atoms with Gasteiger partial charge in [-0.25, -0.2) is 9.37 Å². The Hall–Kier alpha value is -1.33. The summed E-state index contributed by atoms with van der Waals surface area (Å²) in [5.41, 5.74) is 1.48. The lowest BCUT2D eigenvalue weighted by atomic mass is 10.1. The summed E-state index contributed by atoms with van der Waals surface area (Å²) in [4.78, 5) is 5.06. The zero-order chi connectivity index (χ0) is 13.8. The van der Waals surface area contributed by atoms with Crippen LogP contribution in [0.3, 0.4) is 0 Å². The predicted molar refractivity (Wildman–Crippen MR) is 73.9 cm³/mol. The van der Waals surface area contributed by atoms with Gasteiger partial charge in [0.15, 0.2) is 0 Å². The topological polar surface area (TPSA) is 38.1 Å². The molecule has 0 aliphatic rings. The number of nitrogens with zero attached hydrogens (tertiary/aromatic N) is 1. The summed E-state index contributed by atoms with van der Waals surface area (Å²) in [6, 6.07) is 5.02. The van der Waals surface area contributed by atoms with Gasteiger partial charge < -0.3 is 9.73 Å². The second-order valence-electron chi connectivity index (χ2n) is 4.29. The van der Waals surface area contributed by atoms with E-state index in [0.29, 0.717) is 10.8 Å². The van der Waals surface area contributed by atoms with Crippen molar-refractivity contribution in [3.63, 3.8) is 0 Å². The second-order valence-corrected chi connectivity index (χ2v) is 5.28. The van der Waals surface area contributed by atoms with Gasteiger partial charge in [-0.05, 0) is 44.3 Å². The number of nitrogens with one attached hydrogen (secondary N) is 1. The summed E-state index contributed by atoms with van der Waals surface area (Å²) < 4.78 is 19.3. The van der Waals surface area contributed by atoms with Crippen molar-refractivity contribution < 1.29 is 8.81 Å². The zero-order valence-corrected chi connectivity index (χ0v) is 12.1. The quantitative estimate of drug-likeness (QED) is 0.900. The predicted octanol–water partition coefficient (Wildman–Crippen LogP) is 3.94. The SMILES string of the molecule is CCNC(C)c1c(F)cccc1Sc1nc(C)co1. The first-order chi connectivity index (χ1) is 9.11. The Morgan fingerprint density at radius 3 is 2.89 bits per heavy atom. The van der Waals surface area contributed by atoms with Gasteiger partial charge in [-0.1, -0.05) is 13.0 Å². The van der Waals surface area contributed by atoms with Crippen molar-refractivity contribution in [3.8, 4) is 0 Å². The van der Waals surface area contributed by atoms with Crippen LogP contribution in [0.25, 0.3) is 0 Å². The first-order valence-electron chi connectivity index (χ1n) is 6.23. The van der Waals surface area contributed by atoms with Crippen molar-refractivity contribution in [2.45, 2.75) is 36.9 Å². The molecule has 102 valence electrons. The molecule has 1 aromatic carbocycles. The fourth-order valence-electron chi connectivity index (χ4n) is 1.91. The highest BCUT2D eigenvalue weighted by molar-refractivity contribution is 7.99. The molecule has 0 radical (unpaired) electrons. The number of halogens is 1. The normalized spacial score (nSPS) is 12.6. The van der Waals surface area contributed by atoms with Crippen LogP contribution in [0.2, 0.25) is 0 Å². The molecule has 2 rings (SSSR count). The van der Waals surface area contributed by atoms with Gasteiger partial charge in [-0.3, -0.25) is 0 Å². The Kier molecular flexibility index (Phi) is 4.61. The fourth-order valence-corrected chi connectivity index (χ4v) is 2.91. The molecular formula is C14H17FN2OS. The van der Waals surface area contributed by atoms with E-state index in [1.165, 1.54) is 17.8 Å². The third-order valence-electron chi connectivity index (χ3n) is 2.75. The maximum absolute atomic E-state index is 14.0. The van der Waals surface area contributed by atoms with Crippen molar-refractivity contribution in [1.29, 1.82) is 0 Å². The highest BCUT2D eigenvalue weighted by Crippen LogP contribution is 2.34. The molecule has 0 aliphatic heterocycles. The highest BCUT2D eigenvalue weighted by Gasteiger charge is 2.17. The molecule has 1 N–H and O–H groups in total. The minimum atomic E-state index is -0.207. The van der Waals surface area contributed by atoms with Gasteiger partial charge in [0.05, 0.1) is 5.69 Å². The number of hydrogen-bond donors (Lipinski definition) is 1. The largest absolute Gasteiger partial charge is 0.439 e. The van der Waals surface area contributed by atoms with Crippen LogP contribution in [-0.4, -0.2) is 11.5 Å². The van der Waals surface area contributed by atoms with E-state index in [1.54, 1.807) is 12.3 Å². The molecule has 0 aliphatic carbocycles. The van der Waals surface area contributed by atoms with Crippen LogP contribution in [0.15, 0.2) is 39.0 Å². The molecule has 19 heavy (non-hydrogen) atoms. The van der Waals surface area contributed by atoms with Gasteiger partial charge in [0.2, 0.25) is 0 Å². The summed E-state index contributed by atoms with van der Waals surface area (Å²) >= 11 is 1.35. The monoisotopic (exact) mass is 280 g/mol. The lowest BCUT2D eigenvalue weighted by Crippen LogP contribution is -2.19. The van der Waals surface area contributed by atoms with E-state index < -0.39 is 0 Å². The lowest BCUT2D eigenvalue weighted by molar-refractivity contribution is 0.453. The summed E-state index contributed by atoms with van der Waals surface area (Å²) in [6.45, 7) is 6.60. The molecular weight excluding hydrogens is 263 g/mol. The van der Waals surface area contributed by atoms with E-state index in [2.05, 4.69) is 10.3 Å². The van der Waals surface area contributed by atoms with Crippen molar-refractivity contribution in [3.05, 3.63) is 41.5 Å². The maximum Gasteiger partial charge on any atom is 0.260 e. The fraction of sp³-hybridized carbons (Fsp3) is 0.357. The molecule has 0 saturated heterocycles. The van der Waals surface area contributed by atoms with Gasteiger partial charge in [0.1, 0.15) is 12.1 Å². The van der Waals surface area contributed by atoms with Gasteiger partial charge in [-0.15, -0.1) is 0 Å². The highest BCUT2D eigenvalue weighted by atomic mass is 32.2. The molecule has 2 aromatic rings. The average molecular weight is 280 g/mol. The van der Waals surface area contributed by atoms with E-state index in [0.717, 1.165) is 17.1 Å². The molecule has 5 heteroatoms. The Bertz CT molecular complexity index is 556. The Balaban J connectivity index is 2.31. The Labute approximate surface area is 116 Å². The van der Waals surface area contributed by atoms with E-state index in [-0.39, 0.29) is 11.9 Å². The standard InChI is InChI=1S/C14H17FN2OS/c1-4-16-10(3)13-11(15)6-5-7-12(13)19-14-17-9(2)8-18-14/h5-8,10,16H,4H2,1-3H3. The van der Waals surface area contributed by atoms with Gasteiger partial charge in [0, 0.05) is 16.5 Å². The molecule has 0 saturated carbocycles. The first-order valence-corrected chi connectivity index (χ1v) is 7.05. The third kappa shape index (κ3) is 3.36. The minimum Gasteiger partial charge on any atom is -0.439 e. The van der Waals surface area contributed by atoms with Crippen molar-refractivity contribution in [1.82, 2.24) is 10.3 Å². The Morgan fingerprint density at radius 2 is 2.26 bits per heavy atom. The van der Waals surface area contributed by atoms with Crippen LogP contribution >= 0.6 is 11.8 Å². The van der Waals surface area contributed by atoms with Crippen molar-refractivity contribution in [2.24, 2.45) is 0 Å². The molecule has 1 atom stereocenters. The van der Waals surface area contributed by atoms with E-state index >= 15 is 0 Å². The van der Waals surface area contributed by atoms with Crippen LogP contribution in [-0.2, 0) is 0 Å². The van der Waals surface area contributed by atoms with Crippen LogP contribution in [0.4, 0.5) is 4.39 Å². The molecule has 0 fully saturated rings. The van der Waals surface area contributed by atoms with E-state index in [4.69, 9.17) is 4.42 Å². The van der Waals surface area contributed by atoms with Gasteiger partial charge in [0.25, 0.3) is 5.22 Å². The third-order valence-corrected chi connectivity index (χ3v) is 3.69. The molecule has 1 aromatic heterocycles. The number of rotatable bonds is 5. The number of hydrogen-bond acceptors (Lipinski definition) is 4. The van der Waals surface area contributed by atoms with Crippen LogP contribution in [0.1, 0.15) is 31.1 Å². The number of benzene rings is 1. The first kappa shape index (κ1) is 14.1. The van der Waals surface area contributed by atoms with Gasteiger partial charge >= 0.3 is 0 Å². The van der Waals surface area contributed by atoms with E-state index in [9.17, 15) is 4.39 Å². The van der Waals surface area contributed by atoms with Crippen molar-refractivity contribution >= 4 is 11.8 Å². The number of aromatic nitrogens is 1. The molecule has 0 bridgehead atoms. The molecule has 0 amide bonds. The summed E-state index contributed by atoms with van der Waals surface area (Å²) in [5, 5.41) is 3.76. The second kappa shape index (κ2) is 6.21. The van der Waals surface area contributed by atoms with Crippen LogP contribution < -0.4 is 5.32 Å². The molecule has 3 nitrogen and oxygen atoms in total. The smallest absolute Gasteiger partial charge is 0.260 e. The Morgan fingerprint density at radius 1 is 1.47 bits per heavy atom. The summed E-state index contributed by atoms with van der Waals surface area (Å²) in [5.74, 6) is -0.207.